The van der Waals surface area contributed by atoms with E-state index in [1.807, 2.05) is 12.1 Å². The molecule has 1 saturated carbocycles. The maximum absolute atomic E-state index is 8.78. The van der Waals surface area contributed by atoms with E-state index in [2.05, 4.69) is 16.9 Å². The van der Waals surface area contributed by atoms with Crippen molar-refractivity contribution in [1.82, 2.24) is 4.98 Å². The minimum Gasteiger partial charge on any atom is -0.370 e. The molecule has 0 unspecified atom stereocenters. The SMILES string of the molecule is CN(c1ccc(C#N)nc1)C1CCC2(CC1)OCCO2. The van der Waals surface area contributed by atoms with Gasteiger partial charge in [0.15, 0.2) is 5.79 Å². The summed E-state index contributed by atoms with van der Waals surface area (Å²) in [7, 11) is 2.09. The Morgan fingerprint density at radius 2 is 2.00 bits per heavy atom. The van der Waals surface area contributed by atoms with Gasteiger partial charge in [0.1, 0.15) is 11.8 Å². The van der Waals surface area contributed by atoms with E-state index in [0.29, 0.717) is 11.7 Å². The van der Waals surface area contributed by atoms with Crippen LogP contribution in [-0.2, 0) is 9.47 Å². The first-order valence-corrected chi connectivity index (χ1v) is 7.09. The molecule has 1 spiro atoms. The van der Waals surface area contributed by atoms with Crippen LogP contribution in [-0.4, -0.2) is 37.1 Å². The number of nitriles is 1. The molecule has 20 heavy (non-hydrogen) atoms. The van der Waals surface area contributed by atoms with E-state index in [1.54, 1.807) is 12.3 Å². The molecule has 1 saturated heterocycles. The molecule has 2 aliphatic rings. The third-order valence-electron chi connectivity index (χ3n) is 4.35. The van der Waals surface area contributed by atoms with E-state index in [-0.39, 0.29) is 5.79 Å². The topological polar surface area (TPSA) is 58.4 Å². The lowest BCUT2D eigenvalue weighted by Crippen LogP contribution is -2.42. The third kappa shape index (κ3) is 2.49. The highest BCUT2D eigenvalue weighted by Crippen LogP contribution is 2.37. The van der Waals surface area contributed by atoms with E-state index in [9.17, 15) is 0 Å². The van der Waals surface area contributed by atoms with Crippen LogP contribution in [0.3, 0.4) is 0 Å². The number of hydrogen-bond acceptors (Lipinski definition) is 5. The van der Waals surface area contributed by atoms with E-state index in [1.165, 1.54) is 0 Å². The predicted octanol–water partition coefficient (Wildman–Crippen LogP) is 2.08. The lowest BCUT2D eigenvalue weighted by Gasteiger charge is -2.39. The van der Waals surface area contributed by atoms with Crippen molar-refractivity contribution in [2.24, 2.45) is 0 Å². The maximum Gasteiger partial charge on any atom is 0.168 e. The summed E-state index contributed by atoms with van der Waals surface area (Å²) in [4.78, 5) is 6.38. The highest BCUT2D eigenvalue weighted by Gasteiger charge is 2.41. The first-order valence-electron chi connectivity index (χ1n) is 7.09. The van der Waals surface area contributed by atoms with Crippen LogP contribution in [0.15, 0.2) is 18.3 Å². The highest BCUT2D eigenvalue weighted by molar-refractivity contribution is 5.46. The maximum atomic E-state index is 8.78. The standard InChI is InChI=1S/C15H19N3O2/c1-18(14-3-2-12(10-16)17-11-14)13-4-6-15(7-5-13)19-8-9-20-15/h2-3,11,13H,4-9H2,1H3. The van der Waals surface area contributed by atoms with Gasteiger partial charge in [0, 0.05) is 25.9 Å². The zero-order chi connectivity index (χ0) is 14.0. The van der Waals surface area contributed by atoms with Gasteiger partial charge in [-0.25, -0.2) is 4.98 Å². The van der Waals surface area contributed by atoms with Crippen LogP contribution >= 0.6 is 0 Å². The van der Waals surface area contributed by atoms with Gasteiger partial charge >= 0.3 is 0 Å². The Morgan fingerprint density at radius 1 is 1.30 bits per heavy atom. The number of hydrogen-bond donors (Lipinski definition) is 0. The summed E-state index contributed by atoms with van der Waals surface area (Å²) in [6.07, 6.45) is 5.77. The monoisotopic (exact) mass is 273 g/mol. The molecule has 2 fully saturated rings. The molecular weight excluding hydrogens is 254 g/mol. The Morgan fingerprint density at radius 3 is 2.55 bits per heavy atom. The Hall–Kier alpha value is -1.64. The van der Waals surface area contributed by atoms with Crippen molar-refractivity contribution in [1.29, 1.82) is 5.26 Å². The lowest BCUT2D eigenvalue weighted by molar-refractivity contribution is -0.178. The fourth-order valence-electron chi connectivity index (χ4n) is 3.09. The van der Waals surface area contributed by atoms with Gasteiger partial charge in [0.05, 0.1) is 25.1 Å². The summed E-state index contributed by atoms with van der Waals surface area (Å²) in [5.74, 6) is -0.305. The van der Waals surface area contributed by atoms with Crippen LogP contribution < -0.4 is 4.90 Å². The molecule has 5 heteroatoms. The molecule has 0 amide bonds. The Kier molecular flexibility index (Phi) is 3.60. The third-order valence-corrected chi connectivity index (χ3v) is 4.35. The van der Waals surface area contributed by atoms with E-state index in [0.717, 1.165) is 44.6 Å². The fraction of sp³-hybridized carbons (Fsp3) is 0.600. The van der Waals surface area contributed by atoms with Gasteiger partial charge < -0.3 is 14.4 Å². The molecule has 0 bridgehead atoms. The molecule has 106 valence electrons. The Balaban J connectivity index is 1.63. The molecule has 3 rings (SSSR count). The van der Waals surface area contributed by atoms with Gasteiger partial charge in [0.2, 0.25) is 0 Å². The molecule has 1 aliphatic heterocycles. The summed E-state index contributed by atoms with van der Waals surface area (Å²) >= 11 is 0. The summed E-state index contributed by atoms with van der Waals surface area (Å²) in [5, 5.41) is 8.78. The van der Waals surface area contributed by atoms with Gasteiger partial charge in [-0.05, 0) is 25.0 Å². The average molecular weight is 273 g/mol. The number of nitrogens with zero attached hydrogens (tertiary/aromatic N) is 3. The molecule has 0 atom stereocenters. The number of ether oxygens (including phenoxy) is 2. The highest BCUT2D eigenvalue weighted by atomic mass is 16.7. The lowest BCUT2D eigenvalue weighted by atomic mass is 9.89. The van der Waals surface area contributed by atoms with Crippen LogP contribution in [0, 0.1) is 11.3 Å². The minimum atomic E-state index is -0.305. The van der Waals surface area contributed by atoms with Crippen molar-refractivity contribution >= 4 is 5.69 Å². The first-order chi connectivity index (χ1) is 9.72. The molecule has 1 aromatic rings. The molecule has 0 radical (unpaired) electrons. The summed E-state index contributed by atoms with van der Waals surface area (Å²) in [6, 6.07) is 6.24. The summed E-state index contributed by atoms with van der Waals surface area (Å²) < 4.78 is 11.5. The second kappa shape index (κ2) is 5.39. The Labute approximate surface area is 119 Å². The molecule has 5 nitrogen and oxygen atoms in total. The van der Waals surface area contributed by atoms with Crippen LogP contribution in [0.2, 0.25) is 0 Å². The van der Waals surface area contributed by atoms with Crippen LogP contribution in [0.5, 0.6) is 0 Å². The number of rotatable bonds is 2. The van der Waals surface area contributed by atoms with Crippen molar-refractivity contribution in [3.05, 3.63) is 24.0 Å². The minimum absolute atomic E-state index is 0.305. The van der Waals surface area contributed by atoms with Crippen molar-refractivity contribution < 1.29 is 9.47 Å². The van der Waals surface area contributed by atoms with Gasteiger partial charge in [-0.1, -0.05) is 0 Å². The summed E-state index contributed by atoms with van der Waals surface area (Å²) in [5.41, 5.74) is 1.51. The zero-order valence-corrected chi connectivity index (χ0v) is 11.7. The van der Waals surface area contributed by atoms with Crippen molar-refractivity contribution in [2.75, 3.05) is 25.2 Å². The second-order valence-electron chi connectivity index (χ2n) is 5.46. The first kappa shape index (κ1) is 13.3. The molecule has 0 N–H and O–H groups in total. The van der Waals surface area contributed by atoms with Crippen molar-refractivity contribution in [3.63, 3.8) is 0 Å². The van der Waals surface area contributed by atoms with Gasteiger partial charge in [0.25, 0.3) is 0 Å². The molecule has 0 aromatic carbocycles. The Bertz CT molecular complexity index is 493. The fourth-order valence-corrected chi connectivity index (χ4v) is 3.09. The molecular formula is C15H19N3O2. The quantitative estimate of drug-likeness (QED) is 0.825. The largest absolute Gasteiger partial charge is 0.370 e. The molecule has 1 aromatic heterocycles. The van der Waals surface area contributed by atoms with E-state index in [4.69, 9.17) is 14.7 Å². The van der Waals surface area contributed by atoms with Crippen LogP contribution in [0.25, 0.3) is 0 Å². The number of pyridine rings is 1. The van der Waals surface area contributed by atoms with E-state index >= 15 is 0 Å². The van der Waals surface area contributed by atoms with Gasteiger partial charge in [-0.3, -0.25) is 0 Å². The van der Waals surface area contributed by atoms with Gasteiger partial charge in [-0.15, -0.1) is 0 Å². The van der Waals surface area contributed by atoms with Crippen LogP contribution in [0.1, 0.15) is 31.4 Å². The molecule has 1 aliphatic carbocycles. The number of anilines is 1. The van der Waals surface area contributed by atoms with Crippen molar-refractivity contribution in [3.8, 4) is 6.07 Å². The van der Waals surface area contributed by atoms with Crippen molar-refractivity contribution in [2.45, 2.75) is 37.5 Å². The average Bonchev–Trinajstić information content (AvgIpc) is 2.96. The normalized spacial score (nSPS) is 21.8. The zero-order valence-electron chi connectivity index (χ0n) is 11.7. The summed E-state index contributed by atoms with van der Waals surface area (Å²) in [6.45, 7) is 1.44. The van der Waals surface area contributed by atoms with Gasteiger partial charge in [-0.2, -0.15) is 5.26 Å². The van der Waals surface area contributed by atoms with Crippen LogP contribution in [0.4, 0.5) is 5.69 Å². The number of aromatic nitrogens is 1. The second-order valence-corrected chi connectivity index (χ2v) is 5.46. The molecule has 2 heterocycles. The predicted molar refractivity (Wildman–Crippen MR) is 74.2 cm³/mol. The smallest absolute Gasteiger partial charge is 0.168 e. The van der Waals surface area contributed by atoms with E-state index < -0.39 is 0 Å².